The van der Waals surface area contributed by atoms with E-state index in [1.165, 1.54) is 0 Å². The molecule has 0 radical (unpaired) electrons. The van der Waals surface area contributed by atoms with Gasteiger partial charge in [-0.05, 0) is 105 Å². The number of anilines is 1. The SMILES string of the molecule is C=CC(=O)OCCCCOc1ccc(C#Cc2ccc(NC(=O)c3ccc(OCCCCOC(=O)C=C)cc3)cc2C)cc1. The molecule has 0 heterocycles. The molecule has 0 saturated heterocycles. The fraction of sp³-hybridized carbons (Fsp3) is 0.250. The van der Waals surface area contributed by atoms with Crippen LogP contribution < -0.4 is 14.8 Å². The van der Waals surface area contributed by atoms with Crippen molar-refractivity contribution in [3.05, 3.63) is 114 Å². The summed E-state index contributed by atoms with van der Waals surface area (Å²) < 4.78 is 21.3. The van der Waals surface area contributed by atoms with Gasteiger partial charge < -0.3 is 24.3 Å². The van der Waals surface area contributed by atoms with Gasteiger partial charge in [0.25, 0.3) is 5.91 Å². The van der Waals surface area contributed by atoms with E-state index >= 15 is 0 Å². The third-order valence-corrected chi connectivity index (χ3v) is 6.23. The molecule has 0 spiro atoms. The van der Waals surface area contributed by atoms with Gasteiger partial charge in [-0.2, -0.15) is 0 Å². The number of aryl methyl sites for hydroxylation is 1. The minimum Gasteiger partial charge on any atom is -0.494 e. The second-order valence-corrected chi connectivity index (χ2v) is 9.64. The number of esters is 2. The average molecular weight is 596 g/mol. The number of benzene rings is 3. The molecule has 8 heteroatoms. The zero-order valence-electron chi connectivity index (χ0n) is 24.9. The smallest absolute Gasteiger partial charge is 0.330 e. The molecule has 44 heavy (non-hydrogen) atoms. The first-order chi connectivity index (χ1) is 21.4. The van der Waals surface area contributed by atoms with Crippen molar-refractivity contribution in [2.75, 3.05) is 31.7 Å². The first kappa shape index (κ1) is 33.2. The Morgan fingerprint density at radius 1 is 0.705 bits per heavy atom. The summed E-state index contributed by atoms with van der Waals surface area (Å²) in [6, 6.07) is 20.1. The Balaban J connectivity index is 1.42. The maximum absolute atomic E-state index is 12.8. The van der Waals surface area contributed by atoms with E-state index in [4.69, 9.17) is 18.9 Å². The summed E-state index contributed by atoms with van der Waals surface area (Å²) in [7, 11) is 0. The van der Waals surface area contributed by atoms with Gasteiger partial charge in [0.15, 0.2) is 0 Å². The first-order valence-electron chi connectivity index (χ1n) is 14.4. The fourth-order valence-corrected chi connectivity index (χ4v) is 3.81. The molecule has 0 unspecified atom stereocenters. The Labute approximate surface area is 258 Å². The fourth-order valence-electron chi connectivity index (χ4n) is 3.81. The van der Waals surface area contributed by atoms with Crippen LogP contribution in [0, 0.1) is 18.8 Å². The summed E-state index contributed by atoms with van der Waals surface area (Å²) in [6.07, 6.45) is 5.19. The highest BCUT2D eigenvalue weighted by molar-refractivity contribution is 6.04. The lowest BCUT2D eigenvalue weighted by Gasteiger charge is -2.09. The summed E-state index contributed by atoms with van der Waals surface area (Å²) >= 11 is 0. The van der Waals surface area contributed by atoms with Crippen molar-refractivity contribution in [1.29, 1.82) is 0 Å². The van der Waals surface area contributed by atoms with Crippen molar-refractivity contribution in [3.8, 4) is 23.3 Å². The minimum atomic E-state index is -0.430. The topological polar surface area (TPSA) is 100 Å². The molecule has 0 aromatic heterocycles. The van der Waals surface area contributed by atoms with E-state index in [1.54, 1.807) is 24.3 Å². The number of rotatable bonds is 16. The first-order valence-corrected chi connectivity index (χ1v) is 14.4. The maximum Gasteiger partial charge on any atom is 0.330 e. The molecule has 8 nitrogen and oxygen atoms in total. The third kappa shape index (κ3) is 11.9. The number of carbonyl (C=O) groups is 3. The van der Waals surface area contributed by atoms with Crippen LogP contribution in [-0.2, 0) is 19.1 Å². The van der Waals surface area contributed by atoms with Crippen LogP contribution in [0.25, 0.3) is 0 Å². The van der Waals surface area contributed by atoms with Crippen molar-refractivity contribution in [2.45, 2.75) is 32.6 Å². The quantitative estimate of drug-likeness (QED) is 0.0882. The van der Waals surface area contributed by atoms with Crippen molar-refractivity contribution < 1.29 is 33.3 Å². The average Bonchev–Trinajstić information content (AvgIpc) is 3.04. The van der Waals surface area contributed by atoms with E-state index in [1.807, 2.05) is 49.4 Å². The highest BCUT2D eigenvalue weighted by atomic mass is 16.5. The van der Waals surface area contributed by atoms with E-state index in [0.29, 0.717) is 49.8 Å². The van der Waals surface area contributed by atoms with Crippen molar-refractivity contribution in [3.63, 3.8) is 0 Å². The molecule has 228 valence electrons. The summed E-state index contributed by atoms with van der Waals surface area (Å²) in [5.41, 5.74) is 3.84. The second-order valence-electron chi connectivity index (χ2n) is 9.64. The summed E-state index contributed by atoms with van der Waals surface area (Å²) in [5, 5.41) is 2.93. The lowest BCUT2D eigenvalue weighted by atomic mass is 10.1. The Morgan fingerprint density at radius 2 is 1.23 bits per heavy atom. The number of carbonyl (C=O) groups excluding carboxylic acids is 3. The summed E-state index contributed by atoms with van der Waals surface area (Å²) in [4.78, 5) is 34.8. The van der Waals surface area contributed by atoms with Crippen LogP contribution in [0.3, 0.4) is 0 Å². The number of hydrogen-bond acceptors (Lipinski definition) is 7. The predicted molar refractivity (Wildman–Crippen MR) is 170 cm³/mol. The van der Waals surface area contributed by atoms with Gasteiger partial charge in [0.2, 0.25) is 0 Å². The van der Waals surface area contributed by atoms with Crippen LogP contribution in [-0.4, -0.2) is 44.3 Å². The van der Waals surface area contributed by atoms with Gasteiger partial charge in [0, 0.05) is 34.5 Å². The molecule has 1 amide bonds. The zero-order valence-corrected chi connectivity index (χ0v) is 24.9. The van der Waals surface area contributed by atoms with Gasteiger partial charge in [-0.15, -0.1) is 0 Å². The highest BCUT2D eigenvalue weighted by Crippen LogP contribution is 2.18. The molecule has 3 aromatic carbocycles. The molecule has 0 aliphatic rings. The molecule has 0 aliphatic carbocycles. The lowest BCUT2D eigenvalue weighted by Crippen LogP contribution is -2.12. The molecule has 0 saturated carbocycles. The van der Waals surface area contributed by atoms with Gasteiger partial charge in [-0.25, -0.2) is 9.59 Å². The van der Waals surface area contributed by atoms with E-state index in [2.05, 4.69) is 30.3 Å². The monoisotopic (exact) mass is 595 g/mol. The van der Waals surface area contributed by atoms with E-state index in [0.717, 1.165) is 53.9 Å². The van der Waals surface area contributed by atoms with Gasteiger partial charge in [0.05, 0.1) is 26.4 Å². The van der Waals surface area contributed by atoms with Crippen molar-refractivity contribution in [2.24, 2.45) is 0 Å². The molecule has 0 aliphatic heterocycles. The molecule has 0 atom stereocenters. The molecular formula is C36H37NO7. The van der Waals surface area contributed by atoms with Crippen LogP contribution in [0.5, 0.6) is 11.5 Å². The molecule has 0 bridgehead atoms. The highest BCUT2D eigenvalue weighted by Gasteiger charge is 2.08. The minimum absolute atomic E-state index is 0.225. The van der Waals surface area contributed by atoms with Crippen LogP contribution in [0.15, 0.2) is 92.0 Å². The van der Waals surface area contributed by atoms with Gasteiger partial charge in [0.1, 0.15) is 11.5 Å². The Bertz CT molecular complexity index is 1480. The number of unbranched alkanes of at least 4 members (excludes halogenated alkanes) is 2. The number of amides is 1. The van der Waals surface area contributed by atoms with Gasteiger partial charge >= 0.3 is 11.9 Å². The normalized spacial score (nSPS) is 10.0. The molecular weight excluding hydrogens is 558 g/mol. The number of hydrogen-bond donors (Lipinski definition) is 1. The van der Waals surface area contributed by atoms with E-state index < -0.39 is 11.9 Å². The van der Waals surface area contributed by atoms with Gasteiger partial charge in [-0.3, -0.25) is 4.79 Å². The predicted octanol–water partition coefficient (Wildman–Crippen LogP) is 6.42. The van der Waals surface area contributed by atoms with Crippen LogP contribution in [0.4, 0.5) is 5.69 Å². The van der Waals surface area contributed by atoms with Crippen molar-refractivity contribution in [1.82, 2.24) is 0 Å². The summed E-state index contributed by atoms with van der Waals surface area (Å²) in [6.45, 7) is 10.3. The Kier molecular flexibility index (Phi) is 13.8. The number of ether oxygens (including phenoxy) is 4. The van der Waals surface area contributed by atoms with Crippen LogP contribution >= 0.6 is 0 Å². The second kappa shape index (κ2) is 18.3. The molecule has 1 N–H and O–H groups in total. The van der Waals surface area contributed by atoms with Crippen LogP contribution in [0.1, 0.15) is 52.7 Å². The third-order valence-electron chi connectivity index (χ3n) is 6.23. The largest absolute Gasteiger partial charge is 0.494 e. The number of nitrogens with one attached hydrogen (secondary N) is 1. The Morgan fingerprint density at radius 3 is 1.75 bits per heavy atom. The Hall–Kier alpha value is -5.29. The lowest BCUT2D eigenvalue weighted by molar-refractivity contribution is -0.138. The standard InChI is InChI=1S/C36H37NO7/c1-4-34(38)43-24-8-6-22-41-32-18-11-28(12-19-32)10-13-29-14-17-31(26-27(29)3)37-36(40)30-15-20-33(21-16-30)42-23-7-9-25-44-35(39)5-2/h4-5,11-12,14-21,26H,1-2,6-9,22-25H2,3H3,(H,37,40). The van der Waals surface area contributed by atoms with E-state index in [9.17, 15) is 14.4 Å². The van der Waals surface area contributed by atoms with Crippen LogP contribution in [0.2, 0.25) is 0 Å². The molecule has 0 fully saturated rings. The maximum atomic E-state index is 12.8. The molecule has 3 aromatic rings. The van der Waals surface area contributed by atoms with E-state index in [-0.39, 0.29) is 5.91 Å². The summed E-state index contributed by atoms with van der Waals surface area (Å²) in [5.74, 6) is 6.70. The molecule has 3 rings (SSSR count). The van der Waals surface area contributed by atoms with Gasteiger partial charge in [-0.1, -0.05) is 25.0 Å². The zero-order chi connectivity index (χ0) is 31.6. The van der Waals surface area contributed by atoms with Crippen molar-refractivity contribution >= 4 is 23.5 Å².